The number of aromatic hydroxyl groups is 1. The van der Waals surface area contributed by atoms with Crippen molar-refractivity contribution in [1.29, 1.82) is 0 Å². The molecule has 0 spiro atoms. The van der Waals surface area contributed by atoms with E-state index in [0.29, 0.717) is 29.5 Å². The quantitative estimate of drug-likeness (QED) is 0.854. The van der Waals surface area contributed by atoms with Crippen LogP contribution >= 0.6 is 0 Å². The van der Waals surface area contributed by atoms with Crippen molar-refractivity contribution in [3.05, 3.63) is 59.1 Å². The van der Waals surface area contributed by atoms with Gasteiger partial charge in [-0.15, -0.1) is 0 Å². The molecule has 1 N–H and O–H groups in total. The Morgan fingerprint density at radius 3 is 2.85 bits per heavy atom. The van der Waals surface area contributed by atoms with Crippen molar-refractivity contribution >= 4 is 11.9 Å². The molecule has 0 radical (unpaired) electrons. The molecular weight excluding hydrogens is 328 g/mol. The summed E-state index contributed by atoms with van der Waals surface area (Å²) < 4.78 is 5.92. The maximum Gasteiger partial charge on any atom is 0.231 e. The number of hydrogen-bond donors (Lipinski definition) is 1. The van der Waals surface area contributed by atoms with Crippen LogP contribution in [0.15, 0.2) is 42.4 Å². The van der Waals surface area contributed by atoms with E-state index in [2.05, 4.69) is 16.8 Å². The van der Waals surface area contributed by atoms with E-state index in [-0.39, 0.29) is 17.3 Å². The predicted molar refractivity (Wildman–Crippen MR) is 99.0 cm³/mol. The molecule has 1 aromatic carbocycles. The van der Waals surface area contributed by atoms with Crippen LogP contribution in [0.3, 0.4) is 0 Å². The highest BCUT2D eigenvalue weighted by Crippen LogP contribution is 2.40. The van der Waals surface area contributed by atoms with E-state index >= 15 is 0 Å². The van der Waals surface area contributed by atoms with Crippen molar-refractivity contribution in [3.63, 3.8) is 0 Å². The Morgan fingerprint density at radius 1 is 1.27 bits per heavy atom. The van der Waals surface area contributed by atoms with Crippen LogP contribution in [0.25, 0.3) is 6.08 Å². The van der Waals surface area contributed by atoms with Crippen molar-refractivity contribution in [2.75, 3.05) is 6.54 Å². The highest BCUT2D eigenvalue weighted by atomic mass is 16.5. The second-order valence-corrected chi connectivity index (χ2v) is 6.98. The average Bonchev–Trinajstić information content (AvgIpc) is 2.96. The second-order valence-electron chi connectivity index (χ2n) is 6.98. The Bertz CT molecular complexity index is 861. The summed E-state index contributed by atoms with van der Waals surface area (Å²) in [7, 11) is 0. The van der Waals surface area contributed by atoms with Crippen LogP contribution in [0.5, 0.6) is 11.5 Å². The molecule has 1 aromatic heterocycles. The number of allylic oxidation sites excluding steroid dienone is 1. The fraction of sp³-hybridized carbons (Fsp3) is 0.333. The molecule has 1 fully saturated rings. The van der Waals surface area contributed by atoms with Crippen molar-refractivity contribution in [2.24, 2.45) is 0 Å². The van der Waals surface area contributed by atoms with Crippen LogP contribution in [0, 0.1) is 0 Å². The molecule has 0 saturated carbocycles. The third-order valence-electron chi connectivity index (χ3n) is 5.22. The third kappa shape index (κ3) is 3.10. The lowest BCUT2D eigenvalue weighted by molar-refractivity contribution is 0.101. The van der Waals surface area contributed by atoms with Crippen LogP contribution < -0.4 is 4.74 Å². The van der Waals surface area contributed by atoms with E-state index in [1.165, 1.54) is 6.42 Å². The first kappa shape index (κ1) is 16.8. The molecule has 2 aliphatic rings. The normalized spacial score (nSPS) is 21.7. The number of phenols is 1. The van der Waals surface area contributed by atoms with Gasteiger partial charge < -0.3 is 9.84 Å². The molecular formula is C21H22N2O3. The Balaban J connectivity index is 1.66. The van der Waals surface area contributed by atoms with E-state index in [1.807, 2.05) is 12.1 Å². The highest BCUT2D eigenvalue weighted by Gasteiger charge is 2.32. The van der Waals surface area contributed by atoms with Gasteiger partial charge in [-0.1, -0.05) is 6.42 Å². The molecule has 4 rings (SSSR count). The number of hydrogen-bond acceptors (Lipinski definition) is 5. The molecule has 0 unspecified atom stereocenters. The van der Waals surface area contributed by atoms with Crippen LogP contribution in [-0.2, 0) is 6.54 Å². The molecule has 134 valence electrons. The molecule has 26 heavy (non-hydrogen) atoms. The number of rotatable bonds is 3. The molecule has 0 aliphatic carbocycles. The number of carbonyl (C=O) groups is 1. The maximum absolute atomic E-state index is 12.7. The van der Waals surface area contributed by atoms with E-state index in [9.17, 15) is 9.90 Å². The number of aromatic nitrogens is 1. The lowest BCUT2D eigenvalue weighted by atomic mass is 10.0. The molecule has 0 amide bonds. The molecule has 2 aliphatic heterocycles. The van der Waals surface area contributed by atoms with Gasteiger partial charge in [0.2, 0.25) is 5.78 Å². The molecule has 1 atom stereocenters. The van der Waals surface area contributed by atoms with Gasteiger partial charge in [0.1, 0.15) is 11.5 Å². The minimum absolute atomic E-state index is 0.148. The van der Waals surface area contributed by atoms with Gasteiger partial charge in [0.15, 0.2) is 5.76 Å². The predicted octanol–water partition coefficient (Wildman–Crippen LogP) is 3.78. The molecule has 1 saturated heterocycles. The average molecular weight is 350 g/mol. The van der Waals surface area contributed by atoms with Gasteiger partial charge in [-0.05, 0) is 62.2 Å². The summed E-state index contributed by atoms with van der Waals surface area (Å²) in [6.45, 7) is 3.80. The number of carbonyl (C=O) groups excluding carboxylic acids is 1. The fourth-order valence-electron chi connectivity index (χ4n) is 3.66. The highest BCUT2D eigenvalue weighted by molar-refractivity contribution is 6.14. The maximum atomic E-state index is 12.7. The monoisotopic (exact) mass is 350 g/mol. The first-order chi connectivity index (χ1) is 12.6. The Labute approximate surface area is 152 Å². The summed E-state index contributed by atoms with van der Waals surface area (Å²) in [5.74, 6) is 0.807. The first-order valence-electron chi connectivity index (χ1n) is 9.06. The van der Waals surface area contributed by atoms with E-state index in [4.69, 9.17) is 4.74 Å². The van der Waals surface area contributed by atoms with E-state index < -0.39 is 0 Å². The number of Topliss-reactive ketones (excluding diaryl/α,β-unsaturated/α-hetero) is 1. The SMILES string of the molecule is C[C@@H]1CCCCN1Cc1c(O)ccc2c1O/C(=C\c1ccncc1)C2=O. The van der Waals surface area contributed by atoms with Gasteiger partial charge in [-0.25, -0.2) is 0 Å². The number of phenolic OH excluding ortho intramolecular Hbond substituents is 1. The second kappa shape index (κ2) is 6.92. The van der Waals surface area contributed by atoms with Crippen LogP contribution in [-0.4, -0.2) is 33.4 Å². The summed E-state index contributed by atoms with van der Waals surface area (Å²) in [6.07, 6.45) is 8.62. The Hall–Kier alpha value is -2.66. The lowest BCUT2D eigenvalue weighted by Crippen LogP contribution is -2.36. The number of likely N-dealkylation sites (tertiary alicyclic amines) is 1. The Morgan fingerprint density at radius 2 is 2.08 bits per heavy atom. The zero-order valence-corrected chi connectivity index (χ0v) is 14.8. The Kier molecular flexibility index (Phi) is 4.47. The number of pyridine rings is 1. The minimum Gasteiger partial charge on any atom is -0.507 e. The number of ketones is 1. The van der Waals surface area contributed by atoms with Gasteiger partial charge in [0.25, 0.3) is 0 Å². The van der Waals surface area contributed by atoms with Crippen LogP contribution in [0.4, 0.5) is 0 Å². The summed E-state index contributed by atoms with van der Waals surface area (Å²) in [4.78, 5) is 19.0. The van der Waals surface area contributed by atoms with Crippen molar-refractivity contribution in [1.82, 2.24) is 9.88 Å². The standard InChI is InChI=1S/C21H22N2O3/c1-14-4-2-3-11-23(14)13-17-18(24)6-5-16-20(25)19(26-21(16)17)12-15-7-9-22-10-8-15/h5-10,12,14,24H,2-4,11,13H2,1H3/b19-12-/t14-/m1/s1. The lowest BCUT2D eigenvalue weighted by Gasteiger charge is -2.33. The first-order valence-corrected chi connectivity index (χ1v) is 9.06. The number of fused-ring (bicyclic) bond motifs is 1. The molecule has 0 bridgehead atoms. The number of benzene rings is 1. The molecule has 3 heterocycles. The number of piperidine rings is 1. The van der Waals surface area contributed by atoms with E-state index in [0.717, 1.165) is 24.9 Å². The zero-order valence-electron chi connectivity index (χ0n) is 14.8. The zero-order chi connectivity index (χ0) is 18.1. The van der Waals surface area contributed by atoms with Crippen molar-refractivity contribution < 1.29 is 14.6 Å². The minimum atomic E-state index is -0.148. The summed E-state index contributed by atoms with van der Waals surface area (Å²) in [6, 6.07) is 7.34. The van der Waals surface area contributed by atoms with Crippen LogP contribution in [0.1, 0.15) is 47.7 Å². The number of nitrogens with zero attached hydrogens (tertiary/aromatic N) is 2. The molecule has 5 nitrogen and oxygen atoms in total. The van der Waals surface area contributed by atoms with E-state index in [1.54, 1.807) is 30.6 Å². The fourth-order valence-corrected chi connectivity index (χ4v) is 3.66. The van der Waals surface area contributed by atoms with Gasteiger partial charge in [-0.2, -0.15) is 0 Å². The molecule has 2 aromatic rings. The summed E-state index contributed by atoms with van der Waals surface area (Å²) in [5.41, 5.74) is 2.07. The smallest absolute Gasteiger partial charge is 0.231 e. The largest absolute Gasteiger partial charge is 0.507 e. The van der Waals surface area contributed by atoms with Gasteiger partial charge in [-0.3, -0.25) is 14.7 Å². The van der Waals surface area contributed by atoms with Crippen molar-refractivity contribution in [3.8, 4) is 11.5 Å². The van der Waals surface area contributed by atoms with Gasteiger partial charge >= 0.3 is 0 Å². The topological polar surface area (TPSA) is 62.7 Å². The number of ether oxygens (including phenoxy) is 1. The summed E-state index contributed by atoms with van der Waals surface area (Å²) in [5, 5.41) is 10.4. The molecule has 5 heteroatoms. The summed E-state index contributed by atoms with van der Waals surface area (Å²) >= 11 is 0. The third-order valence-corrected chi connectivity index (χ3v) is 5.22. The van der Waals surface area contributed by atoms with Crippen molar-refractivity contribution in [2.45, 2.75) is 38.8 Å². The van der Waals surface area contributed by atoms with Crippen LogP contribution in [0.2, 0.25) is 0 Å². The van der Waals surface area contributed by atoms with Gasteiger partial charge in [0, 0.05) is 25.0 Å². The van der Waals surface area contributed by atoms with Gasteiger partial charge in [0.05, 0.1) is 11.1 Å².